The summed E-state index contributed by atoms with van der Waals surface area (Å²) < 4.78 is 5.36. The van der Waals surface area contributed by atoms with Crippen molar-refractivity contribution in [3.63, 3.8) is 0 Å². The van der Waals surface area contributed by atoms with Crippen LogP contribution < -0.4 is 0 Å². The Hall–Kier alpha value is -1.63. The summed E-state index contributed by atoms with van der Waals surface area (Å²) >= 11 is 1.40. The van der Waals surface area contributed by atoms with Gasteiger partial charge < -0.3 is 14.7 Å². The first kappa shape index (κ1) is 14.3. The molecule has 1 saturated carbocycles. The van der Waals surface area contributed by atoms with E-state index in [1.807, 2.05) is 20.8 Å². The third-order valence-electron chi connectivity index (χ3n) is 3.87. The average molecular weight is 310 g/mol. The molecule has 7 heteroatoms. The summed E-state index contributed by atoms with van der Waals surface area (Å²) in [5.41, 5.74) is -0.362. The summed E-state index contributed by atoms with van der Waals surface area (Å²) in [5.74, 6) is 0.108. The Balaban J connectivity index is 1.58. The minimum atomic E-state index is -0.987. The van der Waals surface area contributed by atoms with Crippen LogP contribution in [0.15, 0.2) is 5.38 Å². The fourth-order valence-corrected chi connectivity index (χ4v) is 3.95. The number of nitrogens with zero attached hydrogens (tertiary/aromatic N) is 2. The SMILES string of the molecule is CC(C)(C)OC(=O)N1C[C@@H]2[C@H](C1)[C@@H]2c1nc(C(=O)O)cs1. The molecule has 1 aromatic rings. The van der Waals surface area contributed by atoms with Gasteiger partial charge in [-0.2, -0.15) is 0 Å². The smallest absolute Gasteiger partial charge is 0.410 e. The van der Waals surface area contributed by atoms with Gasteiger partial charge in [-0.3, -0.25) is 0 Å². The number of fused-ring (bicyclic) bond motifs is 1. The first-order valence-electron chi connectivity index (χ1n) is 6.93. The predicted molar refractivity (Wildman–Crippen MR) is 76.6 cm³/mol. The molecule has 2 aliphatic rings. The van der Waals surface area contributed by atoms with E-state index in [-0.39, 0.29) is 11.8 Å². The van der Waals surface area contributed by atoms with E-state index in [0.717, 1.165) is 5.01 Å². The van der Waals surface area contributed by atoms with Crippen LogP contribution in [0.25, 0.3) is 0 Å². The summed E-state index contributed by atoms with van der Waals surface area (Å²) in [5, 5.41) is 11.4. The Kier molecular flexibility index (Phi) is 3.20. The van der Waals surface area contributed by atoms with Crippen LogP contribution in [0, 0.1) is 11.8 Å². The minimum absolute atomic E-state index is 0.115. The highest BCUT2D eigenvalue weighted by atomic mass is 32.1. The first-order valence-corrected chi connectivity index (χ1v) is 7.81. The molecule has 1 aliphatic carbocycles. The van der Waals surface area contributed by atoms with Gasteiger partial charge in [0, 0.05) is 24.4 Å². The van der Waals surface area contributed by atoms with Crippen molar-refractivity contribution in [2.24, 2.45) is 11.8 Å². The second-order valence-electron chi connectivity index (χ2n) is 6.61. The fraction of sp³-hybridized carbons (Fsp3) is 0.643. The molecule has 1 saturated heterocycles. The maximum atomic E-state index is 12.0. The Morgan fingerprint density at radius 3 is 2.48 bits per heavy atom. The summed E-state index contributed by atoms with van der Waals surface area (Å²) in [6, 6.07) is 0. The number of aromatic nitrogens is 1. The zero-order valence-electron chi connectivity index (χ0n) is 12.2. The molecule has 21 heavy (non-hydrogen) atoms. The highest BCUT2D eigenvalue weighted by Gasteiger charge is 2.59. The number of likely N-dealkylation sites (tertiary alicyclic amines) is 1. The van der Waals surface area contributed by atoms with Crippen LogP contribution in [0.5, 0.6) is 0 Å². The molecule has 2 fully saturated rings. The van der Waals surface area contributed by atoms with Gasteiger partial charge in [0.25, 0.3) is 0 Å². The zero-order chi connectivity index (χ0) is 15.4. The largest absolute Gasteiger partial charge is 0.476 e. The topological polar surface area (TPSA) is 79.7 Å². The van der Waals surface area contributed by atoms with E-state index in [2.05, 4.69) is 4.98 Å². The molecule has 1 N–H and O–H groups in total. The highest BCUT2D eigenvalue weighted by Crippen LogP contribution is 2.58. The van der Waals surface area contributed by atoms with Crippen LogP contribution in [0.2, 0.25) is 0 Å². The molecular formula is C14H18N2O4S. The van der Waals surface area contributed by atoms with Gasteiger partial charge >= 0.3 is 12.1 Å². The number of piperidine rings is 1. The number of carbonyl (C=O) groups excluding carboxylic acids is 1. The van der Waals surface area contributed by atoms with Crippen LogP contribution >= 0.6 is 11.3 Å². The third kappa shape index (κ3) is 2.74. The molecule has 1 amide bonds. The van der Waals surface area contributed by atoms with E-state index in [1.54, 1.807) is 10.3 Å². The summed E-state index contributed by atoms with van der Waals surface area (Å²) in [7, 11) is 0. The number of carboxylic acid groups (broad SMARTS) is 1. The van der Waals surface area contributed by atoms with Gasteiger partial charge in [-0.05, 0) is 32.6 Å². The Morgan fingerprint density at radius 1 is 1.38 bits per heavy atom. The molecule has 114 valence electrons. The van der Waals surface area contributed by atoms with Gasteiger partial charge in [-0.15, -0.1) is 11.3 Å². The lowest BCUT2D eigenvalue weighted by atomic mass is 10.2. The molecule has 6 nitrogen and oxygen atoms in total. The summed E-state index contributed by atoms with van der Waals surface area (Å²) in [6.07, 6.45) is -0.265. The minimum Gasteiger partial charge on any atom is -0.476 e. The van der Waals surface area contributed by atoms with Crippen LogP contribution in [-0.4, -0.2) is 45.7 Å². The van der Waals surface area contributed by atoms with Crippen LogP contribution in [-0.2, 0) is 4.74 Å². The van der Waals surface area contributed by atoms with Crippen molar-refractivity contribution < 1.29 is 19.4 Å². The van der Waals surface area contributed by atoms with Gasteiger partial charge in [-0.25, -0.2) is 14.6 Å². The molecule has 0 spiro atoms. The number of carboxylic acids is 1. The van der Waals surface area contributed by atoms with Gasteiger partial charge in [0.15, 0.2) is 5.69 Å². The van der Waals surface area contributed by atoms with Crippen LogP contribution in [0.3, 0.4) is 0 Å². The van der Waals surface area contributed by atoms with E-state index in [1.165, 1.54) is 11.3 Å². The third-order valence-corrected chi connectivity index (χ3v) is 4.82. The second-order valence-corrected chi connectivity index (χ2v) is 7.50. The normalized spacial score (nSPS) is 27.4. The van der Waals surface area contributed by atoms with Gasteiger partial charge in [-0.1, -0.05) is 0 Å². The number of amides is 1. The molecule has 2 heterocycles. The van der Waals surface area contributed by atoms with Gasteiger partial charge in [0.1, 0.15) is 5.60 Å². The van der Waals surface area contributed by atoms with Crippen molar-refractivity contribution in [3.8, 4) is 0 Å². The second kappa shape index (κ2) is 4.69. The van der Waals surface area contributed by atoms with Crippen molar-refractivity contribution in [2.75, 3.05) is 13.1 Å². The van der Waals surface area contributed by atoms with E-state index < -0.39 is 11.6 Å². The van der Waals surface area contributed by atoms with Crippen LogP contribution in [0.1, 0.15) is 42.2 Å². The number of hydrogen-bond acceptors (Lipinski definition) is 5. The Bertz CT molecular complexity index is 580. The molecule has 0 radical (unpaired) electrons. The van der Waals surface area contributed by atoms with Crippen molar-refractivity contribution in [3.05, 3.63) is 16.1 Å². The predicted octanol–water partition coefficient (Wildman–Crippen LogP) is 2.42. The number of aromatic carboxylic acids is 1. The molecular weight excluding hydrogens is 292 g/mol. The van der Waals surface area contributed by atoms with E-state index in [9.17, 15) is 9.59 Å². The fourth-order valence-electron chi connectivity index (χ4n) is 2.91. The van der Waals surface area contributed by atoms with E-state index in [4.69, 9.17) is 9.84 Å². The quantitative estimate of drug-likeness (QED) is 0.907. The Morgan fingerprint density at radius 2 is 2.00 bits per heavy atom. The monoisotopic (exact) mass is 310 g/mol. The summed E-state index contributed by atoms with van der Waals surface area (Å²) in [6.45, 7) is 6.91. The van der Waals surface area contributed by atoms with E-state index >= 15 is 0 Å². The average Bonchev–Trinajstić information content (AvgIpc) is 2.82. The van der Waals surface area contributed by atoms with Crippen molar-refractivity contribution >= 4 is 23.4 Å². The molecule has 3 rings (SSSR count). The standard InChI is InChI=1S/C14H18N2O4S/c1-14(2,3)20-13(19)16-4-7-8(5-16)10(7)11-15-9(6-21-11)12(17)18/h6-8,10H,4-5H2,1-3H3,(H,17,18)/t7-,8+,10-. The lowest BCUT2D eigenvalue weighted by molar-refractivity contribution is 0.0271. The van der Waals surface area contributed by atoms with Gasteiger partial charge in [0.2, 0.25) is 0 Å². The molecule has 1 aromatic heterocycles. The first-order chi connectivity index (χ1) is 9.76. The number of carbonyl (C=O) groups is 2. The number of rotatable bonds is 2. The Labute approximate surface area is 126 Å². The highest BCUT2D eigenvalue weighted by molar-refractivity contribution is 7.10. The van der Waals surface area contributed by atoms with Crippen molar-refractivity contribution in [1.29, 1.82) is 0 Å². The molecule has 3 atom stereocenters. The maximum Gasteiger partial charge on any atom is 0.410 e. The van der Waals surface area contributed by atoms with Crippen molar-refractivity contribution in [2.45, 2.75) is 32.3 Å². The molecule has 1 aliphatic heterocycles. The lowest BCUT2D eigenvalue weighted by Gasteiger charge is -2.25. The van der Waals surface area contributed by atoms with Crippen LogP contribution in [0.4, 0.5) is 4.79 Å². The molecule has 0 aromatic carbocycles. The summed E-state index contributed by atoms with van der Waals surface area (Å²) in [4.78, 5) is 28.7. The molecule has 0 unspecified atom stereocenters. The number of ether oxygens (including phenoxy) is 1. The number of thiazole rings is 1. The van der Waals surface area contributed by atoms with Gasteiger partial charge in [0.05, 0.1) is 5.01 Å². The molecule has 0 bridgehead atoms. The van der Waals surface area contributed by atoms with Crippen molar-refractivity contribution in [1.82, 2.24) is 9.88 Å². The van der Waals surface area contributed by atoms with E-state index in [0.29, 0.717) is 30.8 Å². The maximum absolute atomic E-state index is 12.0. The zero-order valence-corrected chi connectivity index (χ0v) is 13.0. The lowest BCUT2D eigenvalue weighted by Crippen LogP contribution is -2.36. The number of hydrogen-bond donors (Lipinski definition) is 1.